The summed E-state index contributed by atoms with van der Waals surface area (Å²) in [6, 6.07) is 13.3. The van der Waals surface area contributed by atoms with E-state index in [1.165, 1.54) is 11.8 Å². The van der Waals surface area contributed by atoms with Gasteiger partial charge < -0.3 is 25.6 Å². The molecular weight excluding hydrogens is 537 g/mol. The van der Waals surface area contributed by atoms with Crippen molar-refractivity contribution in [1.82, 2.24) is 20.2 Å². The van der Waals surface area contributed by atoms with E-state index in [2.05, 4.69) is 25.5 Å². The number of nitrogens with one attached hydrogen (secondary N) is 2. The molecule has 12 heteroatoms. The maximum absolute atomic E-state index is 11.6. The van der Waals surface area contributed by atoms with E-state index in [-0.39, 0.29) is 36.8 Å². The summed E-state index contributed by atoms with van der Waals surface area (Å²) >= 11 is 1.49. The maximum Gasteiger partial charge on any atom is 0.235 e. The largest absolute Gasteiger partial charge is 0.481 e. The average molecular weight is 569 g/mol. The van der Waals surface area contributed by atoms with Gasteiger partial charge in [-0.05, 0) is 31.2 Å². The van der Waals surface area contributed by atoms with Crippen LogP contribution in [0, 0.1) is 0 Å². The normalized spacial score (nSPS) is 20.2. The Balaban J connectivity index is 0.00000190. The summed E-state index contributed by atoms with van der Waals surface area (Å²) in [4.78, 5) is 23.7. The Kier molecular flexibility index (Phi) is 10.4. The quantitative estimate of drug-likeness (QED) is 0.341. The Bertz CT molecular complexity index is 1240. The maximum atomic E-state index is 11.6. The molecule has 5 rings (SSSR count). The van der Waals surface area contributed by atoms with Crippen molar-refractivity contribution in [2.45, 2.75) is 36.1 Å². The van der Waals surface area contributed by atoms with Crippen molar-refractivity contribution < 1.29 is 19.7 Å². The number of methoxy groups -OCH3 is 1. The Labute approximate surface area is 232 Å². The zero-order chi connectivity index (χ0) is 24.4. The van der Waals surface area contributed by atoms with Crippen LogP contribution in [-0.2, 0) is 11.3 Å². The SMILES string of the molecule is COc1ccc2cccc([C@H](O)CN3CC[C@H](NCc4ccc5c(n4)NC(=O)CS5)[C@H](O)C3)c2n1.Cl.Cl. The molecule has 9 nitrogen and oxygen atoms in total. The summed E-state index contributed by atoms with van der Waals surface area (Å²) < 4.78 is 5.25. The van der Waals surface area contributed by atoms with E-state index < -0.39 is 12.2 Å². The molecule has 0 spiro atoms. The number of carbonyl (C=O) groups excluding carboxylic acids is 1. The van der Waals surface area contributed by atoms with E-state index in [1.54, 1.807) is 13.2 Å². The number of thioether (sulfide) groups is 1. The number of β-amino-alcohol motifs (C(OH)–C–C–N with tert-alkyl or cyclic N) is 2. The van der Waals surface area contributed by atoms with Gasteiger partial charge in [0, 0.05) is 42.7 Å². The Hall–Kier alpha value is -2.18. The van der Waals surface area contributed by atoms with Gasteiger partial charge in [-0.15, -0.1) is 36.6 Å². The standard InChI is InChI=1S/C25H29N5O4S.2ClH/c1-34-23-8-5-15-3-2-4-17(24(15)29-23)19(31)12-30-10-9-18(20(32)13-30)26-11-16-6-7-21-25(27-16)28-22(33)14-35-21;;/h2-8,18-20,26,31-32H,9-14H2,1H3,(H,27,28,33);2*1H/t18-,19+,20+;;/m0../s1. The van der Waals surface area contributed by atoms with Gasteiger partial charge in [0.25, 0.3) is 0 Å². The molecule has 1 saturated heterocycles. The van der Waals surface area contributed by atoms with Crippen LogP contribution in [-0.4, -0.2) is 75.6 Å². The molecule has 1 amide bonds. The van der Waals surface area contributed by atoms with Crippen LogP contribution in [0.25, 0.3) is 10.9 Å². The predicted octanol–water partition coefficient (Wildman–Crippen LogP) is 2.78. The van der Waals surface area contributed by atoms with E-state index >= 15 is 0 Å². The molecule has 200 valence electrons. The number of hydrogen-bond acceptors (Lipinski definition) is 9. The van der Waals surface area contributed by atoms with Crippen molar-refractivity contribution in [2.75, 3.05) is 37.8 Å². The number of anilines is 1. The minimum Gasteiger partial charge on any atom is -0.481 e. The molecule has 2 aromatic heterocycles. The number of likely N-dealkylation sites (tertiary alicyclic amines) is 1. The lowest BCUT2D eigenvalue weighted by Gasteiger charge is -2.37. The van der Waals surface area contributed by atoms with Gasteiger partial charge in [-0.25, -0.2) is 9.97 Å². The van der Waals surface area contributed by atoms with Crippen molar-refractivity contribution in [3.05, 3.63) is 53.7 Å². The van der Waals surface area contributed by atoms with Gasteiger partial charge in [0.05, 0.1) is 41.2 Å². The highest BCUT2D eigenvalue weighted by Gasteiger charge is 2.29. The van der Waals surface area contributed by atoms with Crippen LogP contribution in [0.5, 0.6) is 5.88 Å². The van der Waals surface area contributed by atoms with Gasteiger partial charge >= 0.3 is 0 Å². The average Bonchev–Trinajstić information content (AvgIpc) is 2.87. The number of amides is 1. The summed E-state index contributed by atoms with van der Waals surface area (Å²) in [7, 11) is 1.57. The molecule has 1 fully saturated rings. The first kappa shape index (κ1) is 29.4. The van der Waals surface area contributed by atoms with Crippen LogP contribution in [0.3, 0.4) is 0 Å². The lowest BCUT2D eigenvalue weighted by Crippen LogP contribution is -2.53. The molecule has 0 aliphatic carbocycles. The molecule has 0 bridgehead atoms. The molecule has 0 unspecified atom stereocenters. The van der Waals surface area contributed by atoms with Crippen LogP contribution in [0.1, 0.15) is 23.8 Å². The Morgan fingerprint density at radius 3 is 2.84 bits per heavy atom. The summed E-state index contributed by atoms with van der Waals surface area (Å²) in [5.41, 5.74) is 2.29. The van der Waals surface area contributed by atoms with Gasteiger partial charge in [0.1, 0.15) is 5.82 Å². The number of piperidine rings is 1. The minimum absolute atomic E-state index is 0. The fourth-order valence-electron chi connectivity index (χ4n) is 4.62. The van der Waals surface area contributed by atoms with Gasteiger partial charge in [-0.1, -0.05) is 18.2 Å². The number of fused-ring (bicyclic) bond motifs is 2. The van der Waals surface area contributed by atoms with Crippen LogP contribution in [0.4, 0.5) is 5.82 Å². The highest BCUT2D eigenvalue weighted by molar-refractivity contribution is 8.00. The first-order valence-electron chi connectivity index (χ1n) is 11.7. The van der Waals surface area contributed by atoms with E-state index in [0.29, 0.717) is 37.1 Å². The number of halogens is 2. The molecule has 37 heavy (non-hydrogen) atoms. The third-order valence-electron chi connectivity index (χ3n) is 6.47. The van der Waals surface area contributed by atoms with Crippen molar-refractivity contribution >= 4 is 59.2 Å². The zero-order valence-corrected chi connectivity index (χ0v) is 22.7. The van der Waals surface area contributed by atoms with Crippen LogP contribution in [0.15, 0.2) is 47.4 Å². The monoisotopic (exact) mass is 567 g/mol. The molecule has 3 aromatic rings. The number of hydrogen-bond donors (Lipinski definition) is 4. The number of nitrogens with zero attached hydrogens (tertiary/aromatic N) is 3. The summed E-state index contributed by atoms with van der Waals surface area (Å²) in [5.74, 6) is 1.49. The number of ether oxygens (including phenoxy) is 1. The second-order valence-corrected chi connectivity index (χ2v) is 9.89. The molecule has 4 N–H and O–H groups in total. The lowest BCUT2D eigenvalue weighted by atomic mass is 9.99. The Morgan fingerprint density at radius 1 is 1.22 bits per heavy atom. The van der Waals surface area contributed by atoms with Gasteiger partial charge in [0.15, 0.2) is 0 Å². The molecule has 2 aliphatic heterocycles. The van der Waals surface area contributed by atoms with Gasteiger partial charge in [-0.2, -0.15) is 0 Å². The van der Waals surface area contributed by atoms with E-state index in [0.717, 1.165) is 40.0 Å². The number of benzene rings is 1. The molecule has 3 atom stereocenters. The number of aromatic nitrogens is 2. The number of aliphatic hydroxyl groups excluding tert-OH is 2. The molecule has 1 aromatic carbocycles. The van der Waals surface area contributed by atoms with Crippen molar-refractivity contribution in [3.8, 4) is 5.88 Å². The van der Waals surface area contributed by atoms with Crippen LogP contribution >= 0.6 is 36.6 Å². The number of carbonyl (C=O) groups is 1. The lowest BCUT2D eigenvalue weighted by molar-refractivity contribution is -0.113. The number of aliphatic hydroxyl groups is 2. The van der Waals surface area contributed by atoms with Crippen molar-refractivity contribution in [2.24, 2.45) is 0 Å². The summed E-state index contributed by atoms with van der Waals surface area (Å²) in [6.45, 7) is 2.12. The number of para-hydroxylation sites is 1. The number of rotatable bonds is 7. The molecule has 0 saturated carbocycles. The van der Waals surface area contributed by atoms with E-state index in [1.807, 2.05) is 36.4 Å². The summed E-state index contributed by atoms with van der Waals surface area (Å²) in [6.07, 6.45) is -0.565. The smallest absolute Gasteiger partial charge is 0.235 e. The fraction of sp³-hybridized carbons (Fsp3) is 0.400. The predicted molar refractivity (Wildman–Crippen MR) is 149 cm³/mol. The fourth-order valence-corrected chi connectivity index (χ4v) is 5.37. The highest BCUT2D eigenvalue weighted by atomic mass is 35.5. The van der Waals surface area contributed by atoms with E-state index in [4.69, 9.17) is 4.74 Å². The van der Waals surface area contributed by atoms with Crippen molar-refractivity contribution in [3.63, 3.8) is 0 Å². The zero-order valence-electron chi connectivity index (χ0n) is 20.3. The number of pyridine rings is 2. The van der Waals surface area contributed by atoms with Gasteiger partial charge in [-0.3, -0.25) is 9.69 Å². The van der Waals surface area contributed by atoms with Gasteiger partial charge in [0.2, 0.25) is 11.8 Å². The molecule has 2 aliphatic rings. The topological polar surface area (TPSA) is 120 Å². The highest BCUT2D eigenvalue weighted by Crippen LogP contribution is 2.30. The first-order chi connectivity index (χ1) is 17.0. The van der Waals surface area contributed by atoms with Crippen molar-refractivity contribution in [1.29, 1.82) is 0 Å². The third-order valence-corrected chi connectivity index (χ3v) is 7.52. The van der Waals surface area contributed by atoms with E-state index in [9.17, 15) is 15.0 Å². The molecule has 4 heterocycles. The second kappa shape index (κ2) is 13.1. The second-order valence-electron chi connectivity index (χ2n) is 8.88. The molecular formula is C25H31Cl2N5O4S. The van der Waals surface area contributed by atoms with Crippen LogP contribution in [0.2, 0.25) is 0 Å². The Morgan fingerprint density at radius 2 is 2.05 bits per heavy atom. The van der Waals surface area contributed by atoms with Crippen LogP contribution < -0.4 is 15.4 Å². The first-order valence-corrected chi connectivity index (χ1v) is 12.7. The third kappa shape index (κ3) is 6.83. The minimum atomic E-state index is -0.734. The molecule has 0 radical (unpaired) electrons. The summed E-state index contributed by atoms with van der Waals surface area (Å²) in [5, 5.41) is 28.9.